The molecular formula is C14H15FN2O2S. The van der Waals surface area contributed by atoms with Gasteiger partial charge in [0.2, 0.25) is 5.95 Å². The van der Waals surface area contributed by atoms with Crippen molar-refractivity contribution in [3.05, 3.63) is 54.1 Å². The number of nitrogens with one attached hydrogen (secondary N) is 1. The molecule has 6 heteroatoms. The lowest BCUT2D eigenvalue weighted by Crippen LogP contribution is -2.07. The van der Waals surface area contributed by atoms with Gasteiger partial charge in [0.15, 0.2) is 9.84 Å². The third-order valence-corrected chi connectivity index (χ3v) is 4.05. The Hall–Kier alpha value is -1.95. The predicted molar refractivity (Wildman–Crippen MR) is 75.8 cm³/mol. The molecular weight excluding hydrogens is 279 g/mol. The maximum atomic E-state index is 12.7. The van der Waals surface area contributed by atoms with E-state index in [1.807, 2.05) is 6.92 Å². The van der Waals surface area contributed by atoms with Gasteiger partial charge in [-0.1, -0.05) is 12.1 Å². The molecule has 1 N–H and O–H groups in total. The van der Waals surface area contributed by atoms with Gasteiger partial charge in [-0.15, -0.1) is 0 Å². The summed E-state index contributed by atoms with van der Waals surface area (Å²) in [5.74, 6) is -0.527. The van der Waals surface area contributed by atoms with Crippen molar-refractivity contribution in [1.29, 1.82) is 0 Å². The summed E-state index contributed by atoms with van der Waals surface area (Å²) in [5, 5.41) is 3.16. The van der Waals surface area contributed by atoms with Crippen molar-refractivity contribution in [2.45, 2.75) is 17.9 Å². The Morgan fingerprint density at radius 2 is 1.80 bits per heavy atom. The van der Waals surface area contributed by atoms with Crippen molar-refractivity contribution in [1.82, 2.24) is 4.98 Å². The molecule has 0 saturated carbocycles. The van der Waals surface area contributed by atoms with Crippen molar-refractivity contribution in [2.24, 2.45) is 0 Å². The molecule has 0 aliphatic rings. The number of sulfone groups is 1. The van der Waals surface area contributed by atoms with Crippen molar-refractivity contribution in [2.75, 3.05) is 11.6 Å². The molecule has 2 rings (SSSR count). The molecule has 1 unspecified atom stereocenters. The first kappa shape index (κ1) is 14.5. The number of hydrogen-bond acceptors (Lipinski definition) is 4. The lowest BCUT2D eigenvalue weighted by atomic mass is 10.1. The van der Waals surface area contributed by atoms with E-state index in [2.05, 4.69) is 10.3 Å². The first-order valence-corrected chi connectivity index (χ1v) is 7.93. The second kappa shape index (κ2) is 5.58. The molecule has 1 aromatic carbocycles. The van der Waals surface area contributed by atoms with Crippen molar-refractivity contribution >= 4 is 15.5 Å². The molecule has 0 radical (unpaired) electrons. The molecule has 0 aliphatic carbocycles. The molecule has 2 aromatic rings. The maximum absolute atomic E-state index is 12.7. The number of hydrogen-bond donors (Lipinski definition) is 1. The molecule has 4 nitrogen and oxygen atoms in total. The van der Waals surface area contributed by atoms with Gasteiger partial charge in [-0.25, -0.2) is 13.4 Å². The molecule has 0 saturated heterocycles. The van der Waals surface area contributed by atoms with Crippen LogP contribution >= 0.6 is 0 Å². The molecule has 0 bridgehead atoms. The third kappa shape index (κ3) is 3.54. The van der Waals surface area contributed by atoms with Crippen molar-refractivity contribution in [3.8, 4) is 0 Å². The fourth-order valence-corrected chi connectivity index (χ4v) is 2.43. The van der Waals surface area contributed by atoms with Gasteiger partial charge in [0.05, 0.1) is 16.8 Å². The first-order chi connectivity index (χ1) is 9.36. The van der Waals surface area contributed by atoms with E-state index in [1.165, 1.54) is 18.5 Å². The zero-order valence-corrected chi connectivity index (χ0v) is 12.0. The highest BCUT2D eigenvalue weighted by molar-refractivity contribution is 7.90. The van der Waals surface area contributed by atoms with E-state index < -0.39 is 15.8 Å². The molecule has 0 aliphatic heterocycles. The van der Waals surface area contributed by atoms with Gasteiger partial charge in [-0.2, -0.15) is 4.39 Å². The minimum Gasteiger partial charge on any atom is -0.377 e. The molecule has 1 atom stereocenters. The van der Waals surface area contributed by atoms with Gasteiger partial charge >= 0.3 is 0 Å². The maximum Gasteiger partial charge on any atom is 0.212 e. The van der Waals surface area contributed by atoms with Crippen LogP contribution in [-0.2, 0) is 9.84 Å². The largest absolute Gasteiger partial charge is 0.377 e. The third-order valence-electron chi connectivity index (χ3n) is 2.92. The van der Waals surface area contributed by atoms with Gasteiger partial charge in [-0.3, -0.25) is 0 Å². The summed E-state index contributed by atoms with van der Waals surface area (Å²) in [4.78, 5) is 3.85. The van der Waals surface area contributed by atoms with Crippen LogP contribution in [0.4, 0.5) is 10.1 Å². The van der Waals surface area contributed by atoms with E-state index in [9.17, 15) is 12.8 Å². The monoisotopic (exact) mass is 294 g/mol. The summed E-state index contributed by atoms with van der Waals surface area (Å²) >= 11 is 0. The number of anilines is 1. The Morgan fingerprint density at radius 1 is 1.15 bits per heavy atom. The zero-order chi connectivity index (χ0) is 14.8. The van der Waals surface area contributed by atoms with Gasteiger partial charge < -0.3 is 5.32 Å². The fourth-order valence-electron chi connectivity index (χ4n) is 1.80. The Bertz CT molecular complexity index is 682. The van der Waals surface area contributed by atoms with Crippen LogP contribution in [0.25, 0.3) is 0 Å². The highest BCUT2D eigenvalue weighted by Crippen LogP contribution is 2.20. The van der Waals surface area contributed by atoms with Gasteiger partial charge in [-0.05, 0) is 36.8 Å². The highest BCUT2D eigenvalue weighted by Gasteiger charge is 2.09. The molecule has 0 amide bonds. The summed E-state index contributed by atoms with van der Waals surface area (Å²) in [6.45, 7) is 1.93. The van der Waals surface area contributed by atoms with Crippen molar-refractivity contribution in [3.63, 3.8) is 0 Å². The quantitative estimate of drug-likeness (QED) is 0.881. The van der Waals surface area contributed by atoms with E-state index in [1.54, 1.807) is 30.3 Å². The highest BCUT2D eigenvalue weighted by atomic mass is 32.2. The van der Waals surface area contributed by atoms with Gasteiger partial charge in [0.1, 0.15) is 0 Å². The number of rotatable bonds is 4. The van der Waals surface area contributed by atoms with Gasteiger partial charge in [0.25, 0.3) is 0 Å². The second-order valence-electron chi connectivity index (χ2n) is 4.58. The summed E-state index contributed by atoms with van der Waals surface area (Å²) in [6, 6.07) is 9.50. The minimum absolute atomic E-state index is 0.0455. The number of nitrogens with zero attached hydrogens (tertiary/aromatic N) is 1. The van der Waals surface area contributed by atoms with E-state index in [-0.39, 0.29) is 10.9 Å². The van der Waals surface area contributed by atoms with Crippen LogP contribution < -0.4 is 5.32 Å². The van der Waals surface area contributed by atoms with E-state index >= 15 is 0 Å². The first-order valence-electron chi connectivity index (χ1n) is 6.04. The topological polar surface area (TPSA) is 59.1 Å². The van der Waals surface area contributed by atoms with Crippen LogP contribution in [0, 0.1) is 5.95 Å². The molecule has 106 valence electrons. The van der Waals surface area contributed by atoms with E-state index in [0.29, 0.717) is 5.69 Å². The summed E-state index contributed by atoms with van der Waals surface area (Å²) in [7, 11) is -3.18. The Labute approximate surface area is 117 Å². The van der Waals surface area contributed by atoms with E-state index in [0.717, 1.165) is 5.56 Å². The van der Waals surface area contributed by atoms with Crippen LogP contribution in [-0.4, -0.2) is 19.7 Å². The van der Waals surface area contributed by atoms with Crippen LogP contribution in [0.3, 0.4) is 0 Å². The van der Waals surface area contributed by atoms with Crippen molar-refractivity contribution < 1.29 is 12.8 Å². The lowest BCUT2D eigenvalue weighted by molar-refractivity contribution is 0.584. The zero-order valence-electron chi connectivity index (χ0n) is 11.2. The normalized spacial score (nSPS) is 12.9. The number of aromatic nitrogens is 1. The van der Waals surface area contributed by atoms with Crippen LogP contribution in [0.15, 0.2) is 47.5 Å². The molecule has 1 aromatic heterocycles. The molecule has 1 heterocycles. The smallest absolute Gasteiger partial charge is 0.212 e. The average Bonchev–Trinajstić information content (AvgIpc) is 2.40. The van der Waals surface area contributed by atoms with E-state index in [4.69, 9.17) is 0 Å². The minimum atomic E-state index is -3.18. The number of benzene rings is 1. The Morgan fingerprint density at radius 3 is 2.30 bits per heavy atom. The Balaban J connectivity index is 2.13. The molecule has 20 heavy (non-hydrogen) atoms. The van der Waals surface area contributed by atoms with Crippen LogP contribution in [0.1, 0.15) is 18.5 Å². The lowest BCUT2D eigenvalue weighted by Gasteiger charge is -2.15. The standard InChI is InChI=1S/C14H15FN2O2S/c1-10(17-12-5-8-14(15)16-9-12)11-3-6-13(7-4-11)20(2,18)19/h3-10,17H,1-2H3. The summed E-state index contributed by atoms with van der Waals surface area (Å²) in [5.41, 5.74) is 1.63. The predicted octanol–water partition coefficient (Wildman–Crippen LogP) is 2.80. The number of pyridine rings is 1. The SMILES string of the molecule is CC(Nc1ccc(F)nc1)c1ccc(S(C)(=O)=O)cc1. The second-order valence-corrected chi connectivity index (χ2v) is 6.59. The summed E-state index contributed by atoms with van der Waals surface area (Å²) < 4.78 is 35.5. The van der Waals surface area contributed by atoms with Crippen LogP contribution in [0.2, 0.25) is 0 Å². The fraction of sp³-hybridized carbons (Fsp3) is 0.214. The molecule has 0 fully saturated rings. The van der Waals surface area contributed by atoms with Gasteiger partial charge in [0, 0.05) is 12.3 Å². The molecule has 0 spiro atoms. The average molecular weight is 294 g/mol. The number of halogens is 1. The Kier molecular flexibility index (Phi) is 4.04. The summed E-state index contributed by atoms with van der Waals surface area (Å²) in [6.07, 6.45) is 2.59. The van der Waals surface area contributed by atoms with Crippen LogP contribution in [0.5, 0.6) is 0 Å².